The van der Waals surface area contributed by atoms with Crippen molar-refractivity contribution in [2.24, 2.45) is 0 Å². The van der Waals surface area contributed by atoms with Gasteiger partial charge >= 0.3 is 0 Å². The summed E-state index contributed by atoms with van der Waals surface area (Å²) in [4.78, 5) is -0.291. The van der Waals surface area contributed by atoms with Crippen molar-refractivity contribution in [1.29, 1.82) is 0 Å². The molecule has 118 valence electrons. The first-order chi connectivity index (χ1) is 10.2. The van der Waals surface area contributed by atoms with Gasteiger partial charge in [0.2, 0.25) is 10.0 Å². The molecule has 8 heteroatoms. The van der Waals surface area contributed by atoms with Crippen LogP contribution in [-0.2, 0) is 16.6 Å². The Hall–Kier alpha value is -1.57. The quantitative estimate of drug-likeness (QED) is 0.846. The van der Waals surface area contributed by atoms with Crippen LogP contribution in [-0.4, -0.2) is 19.8 Å². The summed E-state index contributed by atoms with van der Waals surface area (Å²) in [5.41, 5.74) is 0.00529. The number of rotatable bonds is 4. The minimum atomic E-state index is -4.04. The highest BCUT2D eigenvalue weighted by atomic mass is 35.5. The van der Waals surface area contributed by atoms with E-state index in [4.69, 9.17) is 11.6 Å². The third-order valence-electron chi connectivity index (χ3n) is 2.99. The van der Waals surface area contributed by atoms with Crippen LogP contribution in [0, 0.1) is 17.5 Å². The smallest absolute Gasteiger partial charge is 0.207 e. The molecular formula is C14H11ClF3NO2S. The molecule has 0 aliphatic heterocycles. The van der Waals surface area contributed by atoms with E-state index in [1.165, 1.54) is 7.05 Å². The summed E-state index contributed by atoms with van der Waals surface area (Å²) >= 11 is 5.74. The highest BCUT2D eigenvalue weighted by Gasteiger charge is 2.24. The van der Waals surface area contributed by atoms with Crippen LogP contribution in [0.1, 0.15) is 5.56 Å². The first-order valence-electron chi connectivity index (χ1n) is 6.07. The number of hydrogen-bond acceptors (Lipinski definition) is 2. The molecule has 0 radical (unpaired) electrons. The lowest BCUT2D eigenvalue weighted by molar-refractivity contribution is 0.454. The largest absolute Gasteiger partial charge is 0.244 e. The maximum Gasteiger partial charge on any atom is 0.244 e. The molecule has 0 saturated heterocycles. The molecule has 0 saturated carbocycles. The number of halogens is 4. The maximum atomic E-state index is 13.6. The van der Waals surface area contributed by atoms with Crippen molar-refractivity contribution in [3.63, 3.8) is 0 Å². The lowest BCUT2D eigenvalue weighted by atomic mass is 10.2. The molecule has 0 bridgehead atoms. The Morgan fingerprint density at radius 2 is 1.64 bits per heavy atom. The predicted molar refractivity (Wildman–Crippen MR) is 76.4 cm³/mol. The molecule has 0 unspecified atom stereocenters. The van der Waals surface area contributed by atoms with E-state index in [1.54, 1.807) is 0 Å². The van der Waals surface area contributed by atoms with E-state index in [9.17, 15) is 21.6 Å². The van der Waals surface area contributed by atoms with Gasteiger partial charge < -0.3 is 0 Å². The van der Waals surface area contributed by atoms with Gasteiger partial charge in [-0.25, -0.2) is 21.6 Å². The van der Waals surface area contributed by atoms with Crippen LogP contribution in [0.3, 0.4) is 0 Å². The number of sulfonamides is 1. The molecule has 0 aromatic heterocycles. The van der Waals surface area contributed by atoms with E-state index in [0.29, 0.717) is 6.07 Å². The van der Waals surface area contributed by atoms with Crippen molar-refractivity contribution < 1.29 is 21.6 Å². The summed E-state index contributed by atoms with van der Waals surface area (Å²) in [7, 11) is -2.82. The highest BCUT2D eigenvalue weighted by molar-refractivity contribution is 7.89. The van der Waals surface area contributed by atoms with Gasteiger partial charge in [-0.1, -0.05) is 17.7 Å². The van der Waals surface area contributed by atoms with E-state index in [2.05, 4.69) is 0 Å². The van der Waals surface area contributed by atoms with E-state index >= 15 is 0 Å². The zero-order valence-electron chi connectivity index (χ0n) is 11.4. The lowest BCUT2D eigenvalue weighted by Gasteiger charge is -2.18. The van der Waals surface area contributed by atoms with Gasteiger partial charge in [-0.2, -0.15) is 4.31 Å². The maximum absolute atomic E-state index is 13.6. The van der Waals surface area contributed by atoms with Crippen LogP contribution >= 0.6 is 11.6 Å². The Morgan fingerprint density at radius 3 is 2.23 bits per heavy atom. The van der Waals surface area contributed by atoms with Gasteiger partial charge in [-0.3, -0.25) is 0 Å². The summed E-state index contributed by atoms with van der Waals surface area (Å²) in [5, 5.41) is -0.272. The van der Waals surface area contributed by atoms with E-state index in [0.717, 1.165) is 34.6 Å². The monoisotopic (exact) mass is 349 g/mol. The Bertz CT molecular complexity index is 812. The number of benzene rings is 2. The highest BCUT2D eigenvalue weighted by Crippen LogP contribution is 2.26. The molecule has 0 spiro atoms. The molecule has 0 aliphatic carbocycles. The average molecular weight is 350 g/mol. The van der Waals surface area contributed by atoms with E-state index < -0.39 is 27.5 Å². The van der Waals surface area contributed by atoms with Crippen LogP contribution in [0.4, 0.5) is 13.2 Å². The van der Waals surface area contributed by atoms with Gasteiger partial charge in [0.1, 0.15) is 22.3 Å². The molecule has 22 heavy (non-hydrogen) atoms. The fraction of sp³-hybridized carbons (Fsp3) is 0.143. The summed E-state index contributed by atoms with van der Waals surface area (Å²) in [6.07, 6.45) is 0. The van der Waals surface area contributed by atoms with Crippen LogP contribution in [0.25, 0.3) is 0 Å². The standard InChI is InChI=1S/C14H11ClF3NO2S/c1-19(8-9-2-3-11(17)7-13(9)18)22(20,21)14-5-4-10(16)6-12(14)15/h2-7H,8H2,1H3. The normalized spacial score (nSPS) is 11.9. The molecular weight excluding hydrogens is 339 g/mol. The van der Waals surface area contributed by atoms with Crippen molar-refractivity contribution >= 4 is 21.6 Å². The summed E-state index contributed by atoms with van der Waals surface area (Å²) in [6, 6.07) is 5.73. The molecule has 2 aromatic carbocycles. The molecule has 0 fully saturated rings. The van der Waals surface area contributed by atoms with Crippen molar-refractivity contribution in [2.45, 2.75) is 11.4 Å². The average Bonchev–Trinajstić information content (AvgIpc) is 2.41. The zero-order chi connectivity index (χ0) is 16.5. The van der Waals surface area contributed by atoms with Gasteiger partial charge in [-0.15, -0.1) is 0 Å². The summed E-state index contributed by atoms with van der Waals surface area (Å²) < 4.78 is 65.0. The third-order valence-corrected chi connectivity index (χ3v) is 5.28. The second-order valence-corrected chi connectivity index (χ2v) is 6.99. The van der Waals surface area contributed by atoms with Crippen LogP contribution < -0.4 is 0 Å². The zero-order valence-corrected chi connectivity index (χ0v) is 12.9. The topological polar surface area (TPSA) is 37.4 Å². The van der Waals surface area contributed by atoms with Gasteiger partial charge in [0, 0.05) is 25.2 Å². The Balaban J connectivity index is 2.33. The first-order valence-corrected chi connectivity index (χ1v) is 7.89. The van der Waals surface area contributed by atoms with Crippen molar-refractivity contribution in [3.05, 3.63) is 64.4 Å². The minimum Gasteiger partial charge on any atom is -0.207 e. The van der Waals surface area contributed by atoms with E-state index in [1.807, 2.05) is 0 Å². The van der Waals surface area contributed by atoms with Crippen molar-refractivity contribution in [2.75, 3.05) is 7.05 Å². The summed E-state index contributed by atoms with van der Waals surface area (Å²) in [6.45, 7) is -0.317. The number of nitrogens with zero attached hydrogens (tertiary/aromatic N) is 1. The molecule has 0 heterocycles. The molecule has 0 N–H and O–H groups in total. The Labute approximate surface area is 131 Å². The number of hydrogen-bond donors (Lipinski definition) is 0. The van der Waals surface area contributed by atoms with E-state index in [-0.39, 0.29) is 22.0 Å². The molecule has 0 aliphatic rings. The fourth-order valence-electron chi connectivity index (χ4n) is 1.83. The van der Waals surface area contributed by atoms with Gasteiger partial charge in [0.15, 0.2) is 0 Å². The van der Waals surface area contributed by atoms with Gasteiger partial charge in [0.25, 0.3) is 0 Å². The SMILES string of the molecule is CN(Cc1ccc(F)cc1F)S(=O)(=O)c1ccc(F)cc1Cl. The summed E-state index contributed by atoms with van der Waals surface area (Å²) in [5.74, 6) is -2.28. The van der Waals surface area contributed by atoms with Crippen LogP contribution in [0.2, 0.25) is 5.02 Å². The van der Waals surface area contributed by atoms with Gasteiger partial charge in [0.05, 0.1) is 5.02 Å². The molecule has 0 atom stereocenters. The van der Waals surface area contributed by atoms with Crippen molar-refractivity contribution in [3.8, 4) is 0 Å². The minimum absolute atomic E-state index is 0.00529. The van der Waals surface area contributed by atoms with Crippen LogP contribution in [0.15, 0.2) is 41.3 Å². The molecule has 0 amide bonds. The Morgan fingerprint density at radius 1 is 1.05 bits per heavy atom. The van der Waals surface area contributed by atoms with Crippen molar-refractivity contribution in [1.82, 2.24) is 4.31 Å². The second kappa shape index (κ2) is 6.28. The first kappa shape index (κ1) is 16.8. The molecule has 3 nitrogen and oxygen atoms in total. The Kier molecular flexibility index (Phi) is 4.79. The third kappa shape index (κ3) is 3.43. The van der Waals surface area contributed by atoms with Gasteiger partial charge in [-0.05, 0) is 24.3 Å². The predicted octanol–water partition coefficient (Wildman–Crippen LogP) is 3.58. The fourth-order valence-corrected chi connectivity index (χ4v) is 3.48. The lowest BCUT2D eigenvalue weighted by Crippen LogP contribution is -2.27. The molecule has 2 rings (SSSR count). The second-order valence-electron chi connectivity index (χ2n) is 4.57. The van der Waals surface area contributed by atoms with Crippen LogP contribution in [0.5, 0.6) is 0 Å². The molecule has 2 aromatic rings.